The van der Waals surface area contributed by atoms with Crippen LogP contribution in [-0.4, -0.2) is 16.6 Å². The summed E-state index contributed by atoms with van der Waals surface area (Å²) in [6, 6.07) is 3.61. The van der Waals surface area contributed by atoms with Gasteiger partial charge in [0.25, 0.3) is 6.47 Å². The number of nitrogens with zero attached hydrogens (tertiary/aromatic N) is 1. The van der Waals surface area contributed by atoms with Crippen molar-refractivity contribution < 1.29 is 61.3 Å². The Morgan fingerprint density at radius 1 is 1.67 bits per heavy atom. The molecule has 0 atom stereocenters. The molecule has 60 valence electrons. The van der Waals surface area contributed by atoms with Gasteiger partial charge in [0.15, 0.2) is 0 Å². The van der Waals surface area contributed by atoms with Crippen LogP contribution in [0.25, 0.3) is 0 Å². The maximum absolute atomic E-state index is 8.36. The summed E-state index contributed by atoms with van der Waals surface area (Å²) in [5.74, 6) is 0. The molecular formula is C7H7ClKNO2. The number of carbonyl (C=O) groups is 1. The van der Waals surface area contributed by atoms with E-state index in [1.54, 1.807) is 6.07 Å². The average Bonchev–Trinajstić information content (AvgIpc) is 1.97. The van der Waals surface area contributed by atoms with Gasteiger partial charge in [-0.25, -0.2) is 0 Å². The normalized spacial score (nSPS) is 7.17. The molecule has 0 radical (unpaired) electrons. The molecule has 0 aliphatic carbocycles. The first kappa shape index (κ1) is 15.0. The van der Waals surface area contributed by atoms with Gasteiger partial charge in [0.2, 0.25) is 0 Å². The van der Waals surface area contributed by atoms with E-state index in [-0.39, 0.29) is 57.9 Å². The minimum atomic E-state index is -0.250. The fourth-order valence-electron chi connectivity index (χ4n) is 0.410. The molecule has 1 rings (SSSR count). The Hall–Kier alpha value is 0.546. The third-order valence-electron chi connectivity index (χ3n) is 0.810. The molecule has 0 aliphatic rings. The number of aryl methyl sites for hydroxylation is 1. The van der Waals surface area contributed by atoms with E-state index in [0.717, 1.165) is 5.56 Å². The van der Waals surface area contributed by atoms with Gasteiger partial charge in [-0.3, -0.25) is 4.79 Å². The molecular weight excluding hydrogens is 205 g/mol. The van der Waals surface area contributed by atoms with Crippen LogP contribution in [0.15, 0.2) is 12.1 Å². The molecule has 5 heteroatoms. The van der Waals surface area contributed by atoms with Crippen LogP contribution in [0.2, 0.25) is 5.15 Å². The first-order valence-corrected chi connectivity index (χ1v) is 3.17. The van der Waals surface area contributed by atoms with Crippen LogP contribution >= 0.6 is 11.6 Å². The number of rotatable bonds is 0. The summed E-state index contributed by atoms with van der Waals surface area (Å²) in [5, 5.41) is 7.38. The maximum Gasteiger partial charge on any atom is 1.00 e. The summed E-state index contributed by atoms with van der Waals surface area (Å²) in [7, 11) is 0. The van der Waals surface area contributed by atoms with Gasteiger partial charge in [0.1, 0.15) is 0 Å². The molecule has 1 N–H and O–H groups in total. The Kier molecular flexibility index (Phi) is 12.1. The fraction of sp³-hybridized carbons (Fsp3) is 0.143. The van der Waals surface area contributed by atoms with Gasteiger partial charge in [-0.05, 0) is 0 Å². The van der Waals surface area contributed by atoms with Gasteiger partial charge in [0.05, 0.1) is 0 Å². The monoisotopic (exact) mass is 211 g/mol. The van der Waals surface area contributed by atoms with Crippen LogP contribution in [-0.2, 0) is 4.79 Å². The molecule has 0 unspecified atom stereocenters. The van der Waals surface area contributed by atoms with E-state index in [1.165, 1.54) is 0 Å². The van der Waals surface area contributed by atoms with E-state index in [1.807, 2.05) is 13.0 Å². The summed E-state index contributed by atoms with van der Waals surface area (Å²) in [6.45, 7) is 1.67. The van der Waals surface area contributed by atoms with Gasteiger partial charge in [-0.1, -0.05) is 13.1 Å². The predicted octanol–water partition coefficient (Wildman–Crippen LogP) is -1.45. The van der Waals surface area contributed by atoms with Crippen molar-refractivity contribution >= 4 is 18.1 Å². The van der Waals surface area contributed by atoms with Crippen molar-refractivity contribution in [2.24, 2.45) is 0 Å². The largest absolute Gasteiger partial charge is 1.00 e. The van der Waals surface area contributed by atoms with Crippen molar-refractivity contribution in [1.82, 2.24) is 4.98 Å². The van der Waals surface area contributed by atoms with E-state index < -0.39 is 0 Å². The van der Waals surface area contributed by atoms with Crippen molar-refractivity contribution in [3.05, 3.63) is 29.0 Å². The molecule has 0 spiro atoms. The smallest absolute Gasteiger partial charge is 0.483 e. The van der Waals surface area contributed by atoms with E-state index >= 15 is 0 Å². The Labute approximate surface area is 119 Å². The third-order valence-corrected chi connectivity index (χ3v) is 1.02. The summed E-state index contributed by atoms with van der Waals surface area (Å²) in [5.41, 5.74) is 1.01. The number of aromatic nitrogens is 1. The van der Waals surface area contributed by atoms with Crippen LogP contribution in [0, 0.1) is 13.1 Å². The Balaban J connectivity index is 0. The molecule has 1 aromatic rings. The van der Waals surface area contributed by atoms with Crippen molar-refractivity contribution in [2.45, 2.75) is 6.92 Å². The van der Waals surface area contributed by atoms with E-state index in [9.17, 15) is 0 Å². The van der Waals surface area contributed by atoms with Crippen LogP contribution in [0.5, 0.6) is 0 Å². The van der Waals surface area contributed by atoms with E-state index in [2.05, 4.69) is 11.2 Å². The summed E-state index contributed by atoms with van der Waals surface area (Å²) in [4.78, 5) is 12.1. The Bertz CT molecular complexity index is 194. The van der Waals surface area contributed by atoms with Gasteiger partial charge in [-0.15, -0.1) is 23.2 Å². The van der Waals surface area contributed by atoms with Gasteiger partial charge in [-0.2, -0.15) is 6.07 Å². The SMILES string of the molecule is Cc1[c-]nc(Cl)cc1.O=CO.[K+]. The molecule has 0 aliphatic heterocycles. The fourth-order valence-corrected chi connectivity index (χ4v) is 0.515. The van der Waals surface area contributed by atoms with Crippen LogP contribution in [0.4, 0.5) is 0 Å². The van der Waals surface area contributed by atoms with Gasteiger partial charge in [0, 0.05) is 5.15 Å². The Morgan fingerprint density at radius 2 is 2.17 bits per heavy atom. The minimum Gasteiger partial charge on any atom is -0.483 e. The van der Waals surface area contributed by atoms with Crippen molar-refractivity contribution in [1.29, 1.82) is 0 Å². The number of hydrogen-bond acceptors (Lipinski definition) is 2. The molecule has 3 nitrogen and oxygen atoms in total. The number of hydrogen-bond donors (Lipinski definition) is 1. The summed E-state index contributed by atoms with van der Waals surface area (Å²) < 4.78 is 0. The summed E-state index contributed by atoms with van der Waals surface area (Å²) in [6.07, 6.45) is 2.72. The molecule has 0 aromatic carbocycles. The first-order valence-electron chi connectivity index (χ1n) is 2.79. The molecule has 1 heterocycles. The summed E-state index contributed by atoms with van der Waals surface area (Å²) >= 11 is 5.47. The van der Waals surface area contributed by atoms with Crippen molar-refractivity contribution in [3.8, 4) is 0 Å². The van der Waals surface area contributed by atoms with Crippen LogP contribution < -0.4 is 51.4 Å². The van der Waals surface area contributed by atoms with Crippen molar-refractivity contribution in [2.75, 3.05) is 0 Å². The third kappa shape index (κ3) is 8.64. The van der Waals surface area contributed by atoms with Gasteiger partial charge < -0.3 is 10.1 Å². The molecule has 0 saturated carbocycles. The molecule has 0 amide bonds. The molecule has 1 aromatic heterocycles. The zero-order chi connectivity index (χ0) is 8.69. The quantitative estimate of drug-likeness (QED) is 0.247. The average molecular weight is 212 g/mol. The van der Waals surface area contributed by atoms with E-state index in [4.69, 9.17) is 21.5 Å². The number of pyridine rings is 1. The molecule has 0 fully saturated rings. The van der Waals surface area contributed by atoms with Crippen molar-refractivity contribution in [3.63, 3.8) is 0 Å². The minimum absolute atomic E-state index is 0. The second-order valence-corrected chi connectivity index (χ2v) is 2.06. The van der Waals surface area contributed by atoms with E-state index in [0.29, 0.717) is 5.15 Å². The maximum atomic E-state index is 8.36. The second kappa shape index (κ2) is 9.63. The molecule has 0 saturated heterocycles. The van der Waals surface area contributed by atoms with Crippen LogP contribution in [0.1, 0.15) is 5.56 Å². The van der Waals surface area contributed by atoms with Crippen LogP contribution in [0.3, 0.4) is 0 Å². The number of carboxylic acid groups (broad SMARTS) is 1. The first-order chi connectivity index (χ1) is 5.20. The second-order valence-electron chi connectivity index (χ2n) is 1.67. The standard InChI is InChI=1S/C6H5ClN.CH2O2.K/c1-5-2-3-6(7)8-4-5;2-1-3;/h2-3H,1H3;1H,(H,2,3);/q-1;;+1. The molecule has 12 heavy (non-hydrogen) atoms. The van der Waals surface area contributed by atoms with Gasteiger partial charge >= 0.3 is 51.4 Å². The zero-order valence-corrected chi connectivity index (χ0v) is 10.8. The zero-order valence-electron chi connectivity index (χ0n) is 6.91. The Morgan fingerprint density at radius 3 is 2.42 bits per heavy atom. The molecule has 0 bridgehead atoms. The predicted molar refractivity (Wildman–Crippen MR) is 41.5 cm³/mol. The number of halogens is 1. The topological polar surface area (TPSA) is 50.2 Å².